The van der Waals surface area contributed by atoms with Crippen LogP contribution in [0.5, 0.6) is 0 Å². The Balaban J connectivity index is 1.96. The van der Waals surface area contributed by atoms with Crippen LogP contribution in [0.25, 0.3) is 0 Å². The zero-order valence-electron chi connectivity index (χ0n) is 11.9. The smallest absolute Gasteiger partial charge is 0.140 e. The van der Waals surface area contributed by atoms with Gasteiger partial charge in [0.25, 0.3) is 0 Å². The average molecular weight is 262 g/mol. The monoisotopic (exact) mass is 262 g/mol. The van der Waals surface area contributed by atoms with E-state index in [2.05, 4.69) is 6.92 Å². The normalized spacial score (nSPS) is 23.3. The van der Waals surface area contributed by atoms with E-state index in [9.17, 15) is 9.18 Å². The summed E-state index contributed by atoms with van der Waals surface area (Å²) in [6, 6.07) is 4.71. The number of ketones is 1. The van der Waals surface area contributed by atoms with E-state index in [4.69, 9.17) is 0 Å². The number of benzene rings is 1. The van der Waals surface area contributed by atoms with Gasteiger partial charge in [-0.05, 0) is 61.8 Å². The van der Waals surface area contributed by atoms with Gasteiger partial charge in [-0.25, -0.2) is 4.39 Å². The van der Waals surface area contributed by atoms with E-state index in [1.54, 1.807) is 6.07 Å². The Kier molecular flexibility index (Phi) is 4.73. The summed E-state index contributed by atoms with van der Waals surface area (Å²) in [7, 11) is 0. The van der Waals surface area contributed by atoms with Gasteiger partial charge in [-0.1, -0.05) is 19.4 Å². The standard InChI is InChI=1S/C17H23FO/c1-3-13-5-7-14(8-6-13)17(19)11-15-10-16(18)9-4-12(15)2/h4,9-10,13-14H,3,5-8,11H2,1-2H3. The Hall–Kier alpha value is -1.18. The van der Waals surface area contributed by atoms with E-state index >= 15 is 0 Å². The summed E-state index contributed by atoms with van der Waals surface area (Å²) in [5, 5.41) is 0. The van der Waals surface area contributed by atoms with Gasteiger partial charge in [0, 0.05) is 12.3 Å². The van der Waals surface area contributed by atoms with Crippen LogP contribution in [0.4, 0.5) is 4.39 Å². The summed E-state index contributed by atoms with van der Waals surface area (Å²) in [6.07, 6.45) is 6.01. The molecule has 0 amide bonds. The summed E-state index contributed by atoms with van der Waals surface area (Å²) in [5.74, 6) is 1.05. The van der Waals surface area contributed by atoms with Crippen molar-refractivity contribution < 1.29 is 9.18 Å². The molecule has 1 aliphatic carbocycles. The molecule has 19 heavy (non-hydrogen) atoms. The predicted molar refractivity (Wildman–Crippen MR) is 75.6 cm³/mol. The van der Waals surface area contributed by atoms with Gasteiger partial charge in [0.05, 0.1) is 0 Å². The Bertz CT molecular complexity index is 445. The highest BCUT2D eigenvalue weighted by atomic mass is 19.1. The first kappa shape index (κ1) is 14.2. The predicted octanol–water partition coefficient (Wildman–Crippen LogP) is 4.46. The molecule has 0 radical (unpaired) electrons. The van der Waals surface area contributed by atoms with E-state index < -0.39 is 0 Å². The lowest BCUT2D eigenvalue weighted by atomic mass is 9.78. The molecule has 2 heteroatoms. The SMILES string of the molecule is CCC1CCC(C(=O)Cc2cc(F)ccc2C)CC1. The summed E-state index contributed by atoms with van der Waals surface area (Å²) in [5.41, 5.74) is 1.86. The zero-order chi connectivity index (χ0) is 13.8. The number of hydrogen-bond acceptors (Lipinski definition) is 1. The third-order valence-electron chi connectivity index (χ3n) is 4.56. The number of hydrogen-bond donors (Lipinski definition) is 0. The summed E-state index contributed by atoms with van der Waals surface area (Å²) >= 11 is 0. The molecule has 1 saturated carbocycles. The topological polar surface area (TPSA) is 17.1 Å². The molecule has 1 fully saturated rings. The van der Waals surface area contributed by atoms with Crippen LogP contribution in [0, 0.1) is 24.6 Å². The fourth-order valence-corrected chi connectivity index (χ4v) is 3.06. The van der Waals surface area contributed by atoms with Gasteiger partial charge in [0.1, 0.15) is 11.6 Å². The minimum absolute atomic E-state index is 0.200. The van der Waals surface area contributed by atoms with Crippen LogP contribution < -0.4 is 0 Å². The highest BCUT2D eigenvalue weighted by Crippen LogP contribution is 2.31. The fourth-order valence-electron chi connectivity index (χ4n) is 3.06. The minimum Gasteiger partial charge on any atom is -0.299 e. The second-order valence-electron chi connectivity index (χ2n) is 5.84. The third-order valence-corrected chi connectivity index (χ3v) is 4.56. The molecule has 0 heterocycles. The van der Waals surface area contributed by atoms with E-state index in [1.807, 2.05) is 6.92 Å². The molecule has 1 aliphatic rings. The molecule has 0 aromatic heterocycles. The van der Waals surface area contributed by atoms with Crippen molar-refractivity contribution in [1.29, 1.82) is 0 Å². The number of carbonyl (C=O) groups excluding carboxylic acids is 1. The van der Waals surface area contributed by atoms with Crippen molar-refractivity contribution in [3.63, 3.8) is 0 Å². The van der Waals surface area contributed by atoms with Crippen LogP contribution in [0.3, 0.4) is 0 Å². The third kappa shape index (κ3) is 3.65. The second-order valence-corrected chi connectivity index (χ2v) is 5.84. The summed E-state index contributed by atoms with van der Waals surface area (Å²) in [4.78, 5) is 12.3. The fraction of sp³-hybridized carbons (Fsp3) is 0.588. The number of aryl methyl sites for hydroxylation is 1. The largest absolute Gasteiger partial charge is 0.299 e. The van der Waals surface area contributed by atoms with Crippen molar-refractivity contribution in [1.82, 2.24) is 0 Å². The van der Waals surface area contributed by atoms with Gasteiger partial charge >= 0.3 is 0 Å². The quantitative estimate of drug-likeness (QED) is 0.783. The van der Waals surface area contributed by atoms with E-state index in [0.717, 1.165) is 29.9 Å². The Morgan fingerprint density at radius 2 is 1.95 bits per heavy atom. The summed E-state index contributed by atoms with van der Waals surface area (Å²) in [6.45, 7) is 4.17. The van der Waals surface area contributed by atoms with Crippen LogP contribution >= 0.6 is 0 Å². The van der Waals surface area contributed by atoms with Crippen molar-refractivity contribution in [3.05, 3.63) is 35.1 Å². The molecule has 0 atom stereocenters. The van der Waals surface area contributed by atoms with E-state index in [-0.39, 0.29) is 11.7 Å². The molecule has 0 unspecified atom stereocenters. The molecule has 0 spiro atoms. The highest BCUT2D eigenvalue weighted by molar-refractivity contribution is 5.83. The molecule has 1 aromatic rings. The maximum atomic E-state index is 13.2. The molecular formula is C17H23FO. The van der Waals surface area contributed by atoms with Crippen molar-refractivity contribution in [3.8, 4) is 0 Å². The second kappa shape index (κ2) is 6.31. The minimum atomic E-state index is -0.247. The van der Waals surface area contributed by atoms with Crippen molar-refractivity contribution in [2.45, 2.75) is 52.4 Å². The Morgan fingerprint density at radius 3 is 2.58 bits per heavy atom. The van der Waals surface area contributed by atoms with Gasteiger partial charge in [-0.2, -0.15) is 0 Å². The molecule has 2 rings (SSSR count). The van der Waals surface area contributed by atoms with Crippen molar-refractivity contribution in [2.75, 3.05) is 0 Å². The lowest BCUT2D eigenvalue weighted by Gasteiger charge is -2.27. The van der Waals surface area contributed by atoms with E-state index in [0.29, 0.717) is 12.2 Å². The van der Waals surface area contributed by atoms with Gasteiger partial charge in [-0.15, -0.1) is 0 Å². The first-order valence-electron chi connectivity index (χ1n) is 7.38. The molecular weight excluding hydrogens is 239 g/mol. The first-order chi connectivity index (χ1) is 9.10. The first-order valence-corrected chi connectivity index (χ1v) is 7.38. The van der Waals surface area contributed by atoms with Gasteiger partial charge < -0.3 is 0 Å². The Labute approximate surface area is 115 Å². The number of Topliss-reactive ketones (excluding diaryl/α,β-unsaturated/α-hetero) is 1. The number of halogens is 1. The molecule has 0 aliphatic heterocycles. The van der Waals surface area contributed by atoms with Crippen LogP contribution in [0.1, 0.15) is 50.2 Å². The summed E-state index contributed by atoms with van der Waals surface area (Å²) < 4.78 is 13.2. The highest BCUT2D eigenvalue weighted by Gasteiger charge is 2.25. The average Bonchev–Trinajstić information content (AvgIpc) is 2.43. The van der Waals surface area contributed by atoms with Crippen molar-refractivity contribution in [2.24, 2.45) is 11.8 Å². The number of rotatable bonds is 4. The van der Waals surface area contributed by atoms with Crippen LogP contribution in [-0.4, -0.2) is 5.78 Å². The van der Waals surface area contributed by atoms with Gasteiger partial charge in [0.2, 0.25) is 0 Å². The van der Waals surface area contributed by atoms with Crippen LogP contribution in [-0.2, 0) is 11.2 Å². The molecule has 1 nitrogen and oxygen atoms in total. The van der Waals surface area contributed by atoms with Crippen molar-refractivity contribution >= 4 is 5.78 Å². The van der Waals surface area contributed by atoms with Gasteiger partial charge in [0.15, 0.2) is 0 Å². The molecule has 104 valence electrons. The lowest BCUT2D eigenvalue weighted by Crippen LogP contribution is -2.23. The maximum Gasteiger partial charge on any atom is 0.140 e. The van der Waals surface area contributed by atoms with Gasteiger partial charge in [-0.3, -0.25) is 4.79 Å². The molecule has 0 N–H and O–H groups in total. The molecule has 1 aromatic carbocycles. The number of carbonyl (C=O) groups is 1. The van der Waals surface area contributed by atoms with E-state index in [1.165, 1.54) is 31.4 Å². The van der Waals surface area contributed by atoms with Crippen LogP contribution in [0.15, 0.2) is 18.2 Å². The Morgan fingerprint density at radius 1 is 1.26 bits per heavy atom. The zero-order valence-corrected chi connectivity index (χ0v) is 11.9. The lowest BCUT2D eigenvalue weighted by molar-refractivity contribution is -0.123. The van der Waals surface area contributed by atoms with Crippen LogP contribution in [0.2, 0.25) is 0 Å². The molecule has 0 saturated heterocycles. The maximum absolute atomic E-state index is 13.2. The molecule has 0 bridgehead atoms.